The van der Waals surface area contributed by atoms with Gasteiger partial charge < -0.3 is 10.4 Å². The molecule has 2 N–H and O–H groups in total. The molecule has 0 unspecified atom stereocenters. The summed E-state index contributed by atoms with van der Waals surface area (Å²) in [5.41, 5.74) is 3.18. The van der Waals surface area contributed by atoms with E-state index >= 15 is 0 Å². The Morgan fingerprint density at radius 1 is 1.21 bits per heavy atom. The highest BCUT2D eigenvalue weighted by Gasteiger charge is 2.14. The normalized spacial score (nSPS) is 10.8. The van der Waals surface area contributed by atoms with Gasteiger partial charge in [-0.3, -0.25) is 9.59 Å². The van der Waals surface area contributed by atoms with Crippen LogP contribution >= 0.6 is 11.3 Å². The molecule has 1 aromatic carbocycles. The Labute approximate surface area is 145 Å². The van der Waals surface area contributed by atoms with Crippen LogP contribution in [0.3, 0.4) is 0 Å². The van der Waals surface area contributed by atoms with Crippen molar-refractivity contribution in [3.63, 3.8) is 0 Å². The maximum atomic E-state index is 11.8. The van der Waals surface area contributed by atoms with Crippen LogP contribution in [0.2, 0.25) is 0 Å². The molecule has 0 aliphatic rings. The van der Waals surface area contributed by atoms with Gasteiger partial charge in [-0.1, -0.05) is 45.0 Å². The van der Waals surface area contributed by atoms with Gasteiger partial charge in [0.1, 0.15) is 0 Å². The maximum Gasteiger partial charge on any atom is 0.303 e. The highest BCUT2D eigenvalue weighted by molar-refractivity contribution is 7.16. The van der Waals surface area contributed by atoms with E-state index in [-0.39, 0.29) is 18.7 Å². The second-order valence-electron chi connectivity index (χ2n) is 5.86. The maximum absolute atomic E-state index is 11.8. The lowest BCUT2D eigenvalue weighted by atomic mass is 10.0. The molecule has 0 saturated heterocycles. The Kier molecular flexibility index (Phi) is 6.09. The van der Waals surface area contributed by atoms with E-state index in [1.165, 1.54) is 16.9 Å². The summed E-state index contributed by atoms with van der Waals surface area (Å²) in [5, 5.41) is 11.8. The van der Waals surface area contributed by atoms with Crippen molar-refractivity contribution in [2.24, 2.45) is 0 Å². The predicted octanol–water partition coefficient (Wildman–Crippen LogP) is 4.30. The molecular weight excluding hydrogens is 324 g/mol. The fourth-order valence-electron chi connectivity index (χ4n) is 2.30. The molecule has 0 spiro atoms. The van der Waals surface area contributed by atoms with E-state index < -0.39 is 5.97 Å². The molecule has 0 radical (unpaired) electrons. The van der Waals surface area contributed by atoms with Crippen LogP contribution in [0.4, 0.5) is 5.13 Å². The van der Waals surface area contributed by atoms with E-state index in [2.05, 4.69) is 55.3 Å². The zero-order valence-corrected chi connectivity index (χ0v) is 14.9. The average Bonchev–Trinajstić information content (AvgIpc) is 2.95. The van der Waals surface area contributed by atoms with E-state index in [1.807, 2.05) is 0 Å². The molecule has 0 aliphatic heterocycles. The van der Waals surface area contributed by atoms with Gasteiger partial charge in [-0.2, -0.15) is 0 Å². The van der Waals surface area contributed by atoms with Crippen LogP contribution in [-0.2, 0) is 16.0 Å². The molecular formula is C18H22N2O3S. The van der Waals surface area contributed by atoms with Gasteiger partial charge >= 0.3 is 5.97 Å². The number of carboxylic acids is 1. The molecule has 6 heteroatoms. The number of hydrogen-bond donors (Lipinski definition) is 2. The molecule has 128 valence electrons. The highest BCUT2D eigenvalue weighted by Crippen LogP contribution is 2.32. The summed E-state index contributed by atoms with van der Waals surface area (Å²) < 4.78 is 0. The number of benzene rings is 1. The fraction of sp³-hybridized carbons (Fsp3) is 0.389. The summed E-state index contributed by atoms with van der Waals surface area (Å²) in [7, 11) is 0. The summed E-state index contributed by atoms with van der Waals surface area (Å²) in [6.07, 6.45) is 0.597. The second-order valence-corrected chi connectivity index (χ2v) is 6.95. The van der Waals surface area contributed by atoms with Crippen molar-refractivity contribution < 1.29 is 14.7 Å². The molecule has 0 bridgehead atoms. The van der Waals surface area contributed by atoms with Gasteiger partial charge in [-0.25, -0.2) is 4.98 Å². The quantitative estimate of drug-likeness (QED) is 0.783. The molecule has 1 heterocycles. The van der Waals surface area contributed by atoms with Crippen molar-refractivity contribution in [1.29, 1.82) is 0 Å². The van der Waals surface area contributed by atoms with Crippen LogP contribution in [0, 0.1) is 0 Å². The predicted molar refractivity (Wildman–Crippen MR) is 96.5 cm³/mol. The van der Waals surface area contributed by atoms with Crippen molar-refractivity contribution in [3.8, 4) is 11.3 Å². The van der Waals surface area contributed by atoms with E-state index in [0.717, 1.165) is 22.6 Å². The SMILES string of the molecule is CCc1sc(NC(=O)CCC(=O)O)nc1-c1ccc(C(C)C)cc1. The topological polar surface area (TPSA) is 79.3 Å². The lowest BCUT2D eigenvalue weighted by molar-refractivity contribution is -0.138. The van der Waals surface area contributed by atoms with Gasteiger partial charge in [-0.05, 0) is 17.9 Å². The molecule has 0 atom stereocenters. The van der Waals surface area contributed by atoms with E-state index in [9.17, 15) is 9.59 Å². The average molecular weight is 346 g/mol. The van der Waals surface area contributed by atoms with Crippen molar-refractivity contribution in [1.82, 2.24) is 4.98 Å². The first-order valence-electron chi connectivity index (χ1n) is 8.02. The first kappa shape index (κ1) is 18.1. The van der Waals surface area contributed by atoms with Crippen LogP contribution in [0.15, 0.2) is 24.3 Å². The summed E-state index contributed by atoms with van der Waals surface area (Å²) in [5.74, 6) is -0.829. The Morgan fingerprint density at radius 3 is 2.42 bits per heavy atom. The van der Waals surface area contributed by atoms with Crippen molar-refractivity contribution >= 4 is 28.3 Å². The minimum Gasteiger partial charge on any atom is -0.481 e. The zero-order valence-electron chi connectivity index (χ0n) is 14.1. The van der Waals surface area contributed by atoms with Crippen molar-refractivity contribution in [2.75, 3.05) is 5.32 Å². The standard InChI is InChI=1S/C18H22N2O3S/c1-4-14-17(13-7-5-12(6-8-13)11(2)3)20-18(24-14)19-15(21)9-10-16(22)23/h5-8,11H,4,9-10H2,1-3H3,(H,22,23)(H,19,20,21). The lowest BCUT2D eigenvalue weighted by Gasteiger charge is -2.06. The number of carbonyl (C=O) groups is 2. The minimum absolute atomic E-state index is 0.0468. The molecule has 2 rings (SSSR count). The first-order valence-corrected chi connectivity index (χ1v) is 8.84. The zero-order chi connectivity index (χ0) is 17.7. The Balaban J connectivity index is 2.17. The van der Waals surface area contributed by atoms with E-state index in [4.69, 9.17) is 5.11 Å². The number of anilines is 1. The molecule has 0 fully saturated rings. The third kappa shape index (κ3) is 4.64. The summed E-state index contributed by atoms with van der Waals surface area (Å²) in [6, 6.07) is 8.31. The number of carbonyl (C=O) groups excluding carboxylic acids is 1. The number of nitrogens with one attached hydrogen (secondary N) is 1. The lowest BCUT2D eigenvalue weighted by Crippen LogP contribution is -2.12. The van der Waals surface area contributed by atoms with Crippen molar-refractivity contribution in [3.05, 3.63) is 34.7 Å². The highest BCUT2D eigenvalue weighted by atomic mass is 32.1. The number of nitrogens with zero attached hydrogens (tertiary/aromatic N) is 1. The van der Waals surface area contributed by atoms with Gasteiger partial charge in [0.25, 0.3) is 0 Å². The largest absolute Gasteiger partial charge is 0.481 e. The number of carboxylic acid groups (broad SMARTS) is 1. The summed E-state index contributed by atoms with van der Waals surface area (Å²) in [4.78, 5) is 27.9. The smallest absolute Gasteiger partial charge is 0.303 e. The molecule has 24 heavy (non-hydrogen) atoms. The number of amides is 1. The molecule has 0 aliphatic carbocycles. The summed E-state index contributed by atoms with van der Waals surface area (Å²) >= 11 is 1.44. The fourth-order valence-corrected chi connectivity index (χ4v) is 3.24. The Morgan fingerprint density at radius 2 is 1.88 bits per heavy atom. The van der Waals surface area contributed by atoms with Gasteiger partial charge in [0.2, 0.25) is 5.91 Å². The van der Waals surface area contributed by atoms with Crippen LogP contribution < -0.4 is 5.32 Å². The molecule has 0 saturated carbocycles. The molecule has 1 amide bonds. The van der Waals surface area contributed by atoms with Gasteiger partial charge in [0.15, 0.2) is 5.13 Å². The number of thiazole rings is 1. The van der Waals surface area contributed by atoms with Crippen LogP contribution in [0.5, 0.6) is 0 Å². The van der Waals surface area contributed by atoms with Crippen LogP contribution in [0.1, 0.15) is 50.0 Å². The Bertz CT molecular complexity index is 720. The van der Waals surface area contributed by atoms with Crippen molar-refractivity contribution in [2.45, 2.75) is 46.0 Å². The van der Waals surface area contributed by atoms with E-state index in [0.29, 0.717) is 11.0 Å². The molecule has 1 aromatic heterocycles. The summed E-state index contributed by atoms with van der Waals surface area (Å²) in [6.45, 7) is 6.36. The van der Waals surface area contributed by atoms with E-state index in [1.54, 1.807) is 0 Å². The number of rotatable bonds is 7. The third-order valence-corrected chi connectivity index (χ3v) is 4.80. The number of aromatic nitrogens is 1. The number of aryl methyl sites for hydroxylation is 1. The first-order chi connectivity index (χ1) is 11.4. The Hall–Kier alpha value is -2.21. The number of hydrogen-bond acceptors (Lipinski definition) is 4. The molecule has 2 aromatic rings. The minimum atomic E-state index is -0.982. The third-order valence-electron chi connectivity index (χ3n) is 3.68. The van der Waals surface area contributed by atoms with Crippen LogP contribution in [-0.4, -0.2) is 22.0 Å². The monoisotopic (exact) mass is 346 g/mol. The van der Waals surface area contributed by atoms with Gasteiger partial charge in [-0.15, -0.1) is 11.3 Å². The molecule has 5 nitrogen and oxygen atoms in total. The number of aliphatic carboxylic acids is 1. The van der Waals surface area contributed by atoms with Crippen LogP contribution in [0.25, 0.3) is 11.3 Å². The second kappa shape index (κ2) is 8.06. The van der Waals surface area contributed by atoms with Gasteiger partial charge in [0, 0.05) is 16.9 Å². The van der Waals surface area contributed by atoms with Gasteiger partial charge in [0.05, 0.1) is 12.1 Å².